The van der Waals surface area contributed by atoms with Crippen LogP contribution in [-0.2, 0) is 6.54 Å². The maximum absolute atomic E-state index is 5.29. The van der Waals surface area contributed by atoms with Gasteiger partial charge in [-0.25, -0.2) is 19.9 Å². The molecule has 0 aliphatic heterocycles. The molecular weight excluding hydrogens is 362 g/mol. The van der Waals surface area contributed by atoms with Crippen molar-refractivity contribution in [3.05, 3.63) is 84.6 Å². The molecule has 6 nitrogen and oxygen atoms in total. The summed E-state index contributed by atoms with van der Waals surface area (Å²) >= 11 is 0. The van der Waals surface area contributed by atoms with Crippen LogP contribution in [0.4, 0.5) is 5.95 Å². The van der Waals surface area contributed by atoms with Gasteiger partial charge in [-0.3, -0.25) is 0 Å². The van der Waals surface area contributed by atoms with Gasteiger partial charge in [0, 0.05) is 41.8 Å². The number of nitrogens with zero attached hydrogens (tertiary/aromatic N) is 4. The first-order valence-electron chi connectivity index (χ1n) is 9.29. The van der Waals surface area contributed by atoms with Gasteiger partial charge in [-0.1, -0.05) is 42.0 Å². The van der Waals surface area contributed by atoms with E-state index in [4.69, 9.17) is 9.72 Å². The number of rotatable bonds is 6. The third kappa shape index (κ3) is 4.38. The third-order valence-electron chi connectivity index (χ3n) is 4.57. The van der Waals surface area contributed by atoms with Crippen LogP contribution in [0, 0.1) is 6.92 Å². The Morgan fingerprint density at radius 2 is 1.72 bits per heavy atom. The van der Waals surface area contributed by atoms with Crippen molar-refractivity contribution in [3.63, 3.8) is 0 Å². The van der Waals surface area contributed by atoms with Gasteiger partial charge < -0.3 is 10.1 Å². The molecule has 0 saturated heterocycles. The molecule has 0 unspecified atom stereocenters. The van der Waals surface area contributed by atoms with E-state index in [-0.39, 0.29) is 0 Å². The van der Waals surface area contributed by atoms with E-state index in [1.807, 2.05) is 30.5 Å². The Balaban J connectivity index is 1.67. The second-order valence-electron chi connectivity index (χ2n) is 6.65. The molecule has 0 aliphatic rings. The van der Waals surface area contributed by atoms with Gasteiger partial charge in [-0.05, 0) is 24.6 Å². The Hall–Kier alpha value is -3.80. The minimum atomic E-state index is 0.559. The summed E-state index contributed by atoms with van der Waals surface area (Å²) in [7, 11) is 1.66. The molecule has 6 heteroatoms. The number of anilines is 1. The number of methoxy groups -OCH3 is 1. The summed E-state index contributed by atoms with van der Waals surface area (Å²) in [6.07, 6.45) is 6.87. The Morgan fingerprint density at radius 1 is 0.931 bits per heavy atom. The van der Waals surface area contributed by atoms with E-state index in [0.29, 0.717) is 12.5 Å². The van der Waals surface area contributed by atoms with Gasteiger partial charge in [0.25, 0.3) is 0 Å². The van der Waals surface area contributed by atoms with Crippen LogP contribution in [0.3, 0.4) is 0 Å². The molecule has 0 radical (unpaired) electrons. The van der Waals surface area contributed by atoms with Gasteiger partial charge >= 0.3 is 0 Å². The van der Waals surface area contributed by atoms with Crippen LogP contribution in [0.15, 0.2) is 73.4 Å². The van der Waals surface area contributed by atoms with Crippen molar-refractivity contribution in [3.8, 4) is 28.1 Å². The number of hydrogen-bond donors (Lipinski definition) is 1. The molecule has 2 aromatic heterocycles. The first-order chi connectivity index (χ1) is 14.2. The molecule has 0 amide bonds. The van der Waals surface area contributed by atoms with Gasteiger partial charge in [0.1, 0.15) is 12.1 Å². The predicted molar refractivity (Wildman–Crippen MR) is 114 cm³/mol. The molecule has 29 heavy (non-hydrogen) atoms. The zero-order valence-corrected chi connectivity index (χ0v) is 16.3. The van der Waals surface area contributed by atoms with Crippen molar-refractivity contribution in [1.29, 1.82) is 0 Å². The number of ether oxygens (including phenoxy) is 1. The van der Waals surface area contributed by atoms with E-state index in [1.54, 1.807) is 19.5 Å². The van der Waals surface area contributed by atoms with E-state index >= 15 is 0 Å². The number of nitrogens with one attached hydrogen (secondary N) is 1. The minimum absolute atomic E-state index is 0.559. The van der Waals surface area contributed by atoms with Crippen LogP contribution in [0.25, 0.3) is 22.4 Å². The summed E-state index contributed by atoms with van der Waals surface area (Å²) in [4.78, 5) is 17.6. The van der Waals surface area contributed by atoms with E-state index in [1.165, 1.54) is 11.9 Å². The lowest BCUT2D eigenvalue weighted by Crippen LogP contribution is -2.05. The summed E-state index contributed by atoms with van der Waals surface area (Å²) in [5, 5.41) is 3.30. The molecule has 0 bridgehead atoms. The fourth-order valence-electron chi connectivity index (χ4n) is 3.01. The summed E-state index contributed by atoms with van der Waals surface area (Å²) in [5.41, 5.74) is 5.90. The normalized spacial score (nSPS) is 10.6. The SMILES string of the molecule is COc1cccc(CNc2ncc(-c3cncnc3)c(-c3ccc(C)cc3)n2)c1. The first-order valence-corrected chi connectivity index (χ1v) is 9.29. The average Bonchev–Trinajstić information content (AvgIpc) is 2.79. The van der Waals surface area contributed by atoms with Crippen molar-refractivity contribution in [2.45, 2.75) is 13.5 Å². The number of aryl methyl sites for hydroxylation is 1. The zero-order chi connectivity index (χ0) is 20.1. The molecule has 2 aromatic carbocycles. The van der Waals surface area contributed by atoms with Crippen LogP contribution < -0.4 is 10.1 Å². The van der Waals surface area contributed by atoms with E-state index in [9.17, 15) is 0 Å². The van der Waals surface area contributed by atoms with Gasteiger partial charge in [-0.2, -0.15) is 0 Å². The van der Waals surface area contributed by atoms with E-state index < -0.39 is 0 Å². The lowest BCUT2D eigenvalue weighted by atomic mass is 10.0. The Labute approximate surface area is 169 Å². The maximum Gasteiger partial charge on any atom is 0.223 e. The Morgan fingerprint density at radius 3 is 2.48 bits per heavy atom. The number of aromatic nitrogens is 4. The van der Waals surface area contributed by atoms with E-state index in [0.717, 1.165) is 33.7 Å². The van der Waals surface area contributed by atoms with Gasteiger partial charge in [-0.15, -0.1) is 0 Å². The maximum atomic E-state index is 5.29. The number of hydrogen-bond acceptors (Lipinski definition) is 6. The molecule has 1 N–H and O–H groups in total. The molecule has 0 atom stereocenters. The predicted octanol–water partition coefficient (Wildman–Crippen LogP) is 4.53. The molecule has 144 valence electrons. The molecule has 4 aromatic rings. The average molecular weight is 383 g/mol. The molecule has 0 spiro atoms. The van der Waals surface area contributed by atoms with Crippen molar-refractivity contribution < 1.29 is 4.74 Å². The molecule has 2 heterocycles. The van der Waals surface area contributed by atoms with Crippen molar-refractivity contribution in [2.75, 3.05) is 12.4 Å². The van der Waals surface area contributed by atoms with Crippen molar-refractivity contribution >= 4 is 5.95 Å². The molecule has 0 saturated carbocycles. The largest absolute Gasteiger partial charge is 0.497 e. The van der Waals surface area contributed by atoms with Crippen LogP contribution >= 0.6 is 0 Å². The van der Waals surface area contributed by atoms with Gasteiger partial charge in [0.05, 0.1) is 12.8 Å². The molecular formula is C23H21N5O. The fourth-order valence-corrected chi connectivity index (χ4v) is 3.01. The highest BCUT2D eigenvalue weighted by molar-refractivity contribution is 5.80. The van der Waals surface area contributed by atoms with Crippen LogP contribution in [0.2, 0.25) is 0 Å². The lowest BCUT2D eigenvalue weighted by molar-refractivity contribution is 0.414. The Kier molecular flexibility index (Phi) is 5.42. The van der Waals surface area contributed by atoms with Crippen LogP contribution in [0.5, 0.6) is 5.75 Å². The first kappa shape index (κ1) is 18.6. The van der Waals surface area contributed by atoms with Crippen LogP contribution in [-0.4, -0.2) is 27.0 Å². The van der Waals surface area contributed by atoms with Gasteiger partial charge in [0.2, 0.25) is 5.95 Å². The van der Waals surface area contributed by atoms with Gasteiger partial charge in [0.15, 0.2) is 0 Å². The van der Waals surface area contributed by atoms with E-state index in [2.05, 4.69) is 51.5 Å². The highest BCUT2D eigenvalue weighted by Crippen LogP contribution is 2.30. The smallest absolute Gasteiger partial charge is 0.223 e. The quantitative estimate of drug-likeness (QED) is 0.527. The van der Waals surface area contributed by atoms with Crippen molar-refractivity contribution in [2.24, 2.45) is 0 Å². The summed E-state index contributed by atoms with van der Waals surface area (Å²) < 4.78 is 5.29. The molecule has 0 aliphatic carbocycles. The van der Waals surface area contributed by atoms with Crippen molar-refractivity contribution in [1.82, 2.24) is 19.9 Å². The third-order valence-corrected chi connectivity index (χ3v) is 4.57. The summed E-state index contributed by atoms with van der Waals surface area (Å²) in [6.45, 7) is 2.66. The standard InChI is InChI=1S/C23H21N5O/c1-16-6-8-18(9-7-16)22-21(19-12-24-15-25-13-19)14-27-23(28-22)26-11-17-4-3-5-20(10-17)29-2/h3-10,12-15H,11H2,1-2H3,(H,26,27,28). The highest BCUT2D eigenvalue weighted by Gasteiger charge is 2.12. The topological polar surface area (TPSA) is 72.8 Å². The second-order valence-corrected chi connectivity index (χ2v) is 6.65. The fraction of sp³-hybridized carbons (Fsp3) is 0.130. The summed E-state index contributed by atoms with van der Waals surface area (Å²) in [6, 6.07) is 16.2. The second kappa shape index (κ2) is 8.48. The number of benzene rings is 2. The van der Waals surface area contributed by atoms with Crippen LogP contribution in [0.1, 0.15) is 11.1 Å². The molecule has 0 fully saturated rings. The molecule has 4 rings (SSSR count). The summed E-state index contributed by atoms with van der Waals surface area (Å²) in [5.74, 6) is 1.38. The highest BCUT2D eigenvalue weighted by atomic mass is 16.5. The minimum Gasteiger partial charge on any atom is -0.497 e. The zero-order valence-electron chi connectivity index (χ0n) is 16.3. The Bertz CT molecular complexity index is 1100. The monoisotopic (exact) mass is 383 g/mol. The lowest BCUT2D eigenvalue weighted by Gasteiger charge is -2.12.